The molecule has 0 aromatic rings. The van der Waals surface area contributed by atoms with Gasteiger partial charge in [-0.1, -0.05) is 6.08 Å². The van der Waals surface area contributed by atoms with Gasteiger partial charge in [0, 0.05) is 11.8 Å². The zero-order valence-electron chi connectivity index (χ0n) is 18.2. The standard InChI is InChI=1S/C21H30O13/c1-2-9-10-3-4-29-17(27)11(10)5-30-18(9)34-19-15(25)14(24)13(23)12(33-19)6-31-20-16(26)21(28,7-22)8-32-20/h2,5,9-10,12-16,18-20,22-26,28H,1,3-4,6-8H2/t9-,10+,12-,13-,14+,15-,16+,18+,19+,20-,21-/m0/s1. The summed E-state index contributed by atoms with van der Waals surface area (Å²) in [4.78, 5) is 12.0. The summed E-state index contributed by atoms with van der Waals surface area (Å²) in [5.74, 6) is -1.25. The van der Waals surface area contributed by atoms with Crippen LogP contribution >= 0.6 is 0 Å². The Bertz CT molecular complexity index is 789. The molecule has 3 fully saturated rings. The van der Waals surface area contributed by atoms with Crippen molar-refractivity contribution in [1.29, 1.82) is 0 Å². The number of ether oxygens (including phenoxy) is 6. The highest BCUT2D eigenvalue weighted by Crippen LogP contribution is 2.38. The second-order valence-electron chi connectivity index (χ2n) is 8.79. The van der Waals surface area contributed by atoms with E-state index in [1.165, 1.54) is 6.26 Å². The third kappa shape index (κ3) is 4.60. The Hall–Kier alpha value is -1.65. The molecule has 3 saturated heterocycles. The van der Waals surface area contributed by atoms with E-state index in [4.69, 9.17) is 28.4 Å². The molecule has 0 aromatic heterocycles. The Labute approximate surface area is 194 Å². The van der Waals surface area contributed by atoms with Crippen molar-refractivity contribution in [2.75, 3.05) is 26.4 Å². The second-order valence-corrected chi connectivity index (χ2v) is 8.79. The number of carbonyl (C=O) groups excluding carboxylic acids is 1. The molecule has 4 aliphatic rings. The SMILES string of the molecule is C=C[C@@H]1[C@@H](O[C@H]2O[C@@H](CO[C@H]3OC[C@@](O)(CO)[C@@H]3O)[C@H](O)[C@@H](O)[C@@H]2O)OC=C2C(=O)OCC[C@@H]21. The fourth-order valence-electron chi connectivity index (χ4n) is 4.45. The number of esters is 1. The second kappa shape index (κ2) is 10.1. The zero-order valence-corrected chi connectivity index (χ0v) is 18.2. The van der Waals surface area contributed by atoms with Crippen molar-refractivity contribution in [3.05, 3.63) is 24.5 Å². The zero-order chi connectivity index (χ0) is 24.6. The minimum absolute atomic E-state index is 0.227. The number of aliphatic hydroxyl groups is 6. The first-order chi connectivity index (χ1) is 16.2. The molecule has 0 unspecified atom stereocenters. The lowest BCUT2D eigenvalue weighted by atomic mass is 9.81. The predicted molar refractivity (Wildman–Crippen MR) is 107 cm³/mol. The Morgan fingerprint density at radius 1 is 1.15 bits per heavy atom. The van der Waals surface area contributed by atoms with Gasteiger partial charge in [-0.15, -0.1) is 6.58 Å². The van der Waals surface area contributed by atoms with E-state index in [0.717, 1.165) is 0 Å². The van der Waals surface area contributed by atoms with Gasteiger partial charge in [0.25, 0.3) is 0 Å². The molecule has 4 aliphatic heterocycles. The normalized spacial score (nSPS) is 46.8. The van der Waals surface area contributed by atoms with E-state index in [1.54, 1.807) is 6.08 Å². The minimum atomic E-state index is -1.89. The molecule has 0 radical (unpaired) electrons. The van der Waals surface area contributed by atoms with Crippen molar-refractivity contribution >= 4 is 5.97 Å². The van der Waals surface area contributed by atoms with E-state index >= 15 is 0 Å². The third-order valence-electron chi connectivity index (χ3n) is 6.62. The van der Waals surface area contributed by atoms with Crippen molar-refractivity contribution in [2.24, 2.45) is 11.8 Å². The number of hydrogen-bond donors (Lipinski definition) is 6. The van der Waals surface area contributed by atoms with Crippen molar-refractivity contribution in [3.63, 3.8) is 0 Å². The maximum absolute atomic E-state index is 12.0. The summed E-state index contributed by atoms with van der Waals surface area (Å²) >= 11 is 0. The van der Waals surface area contributed by atoms with E-state index in [1.807, 2.05) is 0 Å². The molecule has 13 nitrogen and oxygen atoms in total. The Morgan fingerprint density at radius 2 is 1.91 bits per heavy atom. The average molecular weight is 490 g/mol. The number of aliphatic hydroxyl groups excluding tert-OH is 5. The van der Waals surface area contributed by atoms with Crippen LogP contribution in [0.2, 0.25) is 0 Å². The van der Waals surface area contributed by atoms with Gasteiger partial charge in [0.2, 0.25) is 6.29 Å². The molecule has 6 N–H and O–H groups in total. The largest absolute Gasteiger partial charge is 0.471 e. The molecule has 34 heavy (non-hydrogen) atoms. The van der Waals surface area contributed by atoms with Crippen LogP contribution in [0.15, 0.2) is 24.5 Å². The van der Waals surface area contributed by atoms with Crippen molar-refractivity contribution < 1.29 is 63.9 Å². The van der Waals surface area contributed by atoms with E-state index in [9.17, 15) is 35.4 Å². The molecule has 13 heteroatoms. The first-order valence-electron chi connectivity index (χ1n) is 10.9. The van der Waals surface area contributed by atoms with E-state index in [-0.39, 0.29) is 19.1 Å². The van der Waals surface area contributed by atoms with Crippen LogP contribution in [0.25, 0.3) is 0 Å². The van der Waals surface area contributed by atoms with Crippen LogP contribution in [0.5, 0.6) is 0 Å². The molecule has 4 rings (SSSR count). The van der Waals surface area contributed by atoms with Crippen LogP contribution in [0, 0.1) is 11.8 Å². The molecule has 4 heterocycles. The van der Waals surface area contributed by atoms with Gasteiger partial charge in [-0.25, -0.2) is 4.79 Å². The molecule has 11 atom stereocenters. The van der Waals surface area contributed by atoms with Gasteiger partial charge in [-0.2, -0.15) is 0 Å². The van der Waals surface area contributed by atoms with Crippen LogP contribution in [0.3, 0.4) is 0 Å². The van der Waals surface area contributed by atoms with E-state index in [2.05, 4.69) is 6.58 Å². The minimum Gasteiger partial charge on any atom is -0.471 e. The van der Waals surface area contributed by atoms with Crippen molar-refractivity contribution in [3.8, 4) is 0 Å². The molecule has 0 spiro atoms. The van der Waals surface area contributed by atoms with Gasteiger partial charge >= 0.3 is 5.97 Å². The fraction of sp³-hybridized carbons (Fsp3) is 0.762. The van der Waals surface area contributed by atoms with Gasteiger partial charge in [-0.05, 0) is 6.42 Å². The number of carbonyl (C=O) groups is 1. The molecule has 0 aliphatic carbocycles. The number of cyclic esters (lactones) is 1. The van der Waals surface area contributed by atoms with Gasteiger partial charge in [-0.3, -0.25) is 0 Å². The predicted octanol–water partition coefficient (Wildman–Crippen LogP) is -3.13. The molecule has 0 aromatic carbocycles. The Balaban J connectivity index is 1.41. The molecular formula is C21H30O13. The monoisotopic (exact) mass is 490 g/mol. The van der Waals surface area contributed by atoms with Gasteiger partial charge in [0.15, 0.2) is 12.6 Å². The summed E-state index contributed by atoms with van der Waals surface area (Å²) in [6.07, 6.45) is -8.14. The van der Waals surface area contributed by atoms with Crippen molar-refractivity contribution in [1.82, 2.24) is 0 Å². The van der Waals surface area contributed by atoms with Gasteiger partial charge in [0.05, 0.1) is 38.3 Å². The van der Waals surface area contributed by atoms with Gasteiger partial charge in [0.1, 0.15) is 36.1 Å². The highest BCUT2D eigenvalue weighted by molar-refractivity contribution is 5.89. The Morgan fingerprint density at radius 3 is 2.59 bits per heavy atom. The summed E-state index contributed by atoms with van der Waals surface area (Å²) in [5.41, 5.74) is -1.55. The van der Waals surface area contributed by atoms with Crippen LogP contribution in [-0.4, -0.2) is 118 Å². The topological polar surface area (TPSA) is 194 Å². The lowest BCUT2D eigenvalue weighted by Crippen LogP contribution is -2.60. The highest BCUT2D eigenvalue weighted by atomic mass is 16.8. The third-order valence-corrected chi connectivity index (χ3v) is 6.62. The van der Waals surface area contributed by atoms with Gasteiger partial charge < -0.3 is 59.1 Å². The number of hydrogen-bond acceptors (Lipinski definition) is 13. The molecule has 0 bridgehead atoms. The van der Waals surface area contributed by atoms with Crippen LogP contribution < -0.4 is 0 Å². The summed E-state index contributed by atoms with van der Waals surface area (Å²) < 4.78 is 32.5. The number of rotatable bonds is 7. The highest BCUT2D eigenvalue weighted by Gasteiger charge is 2.51. The first-order valence-corrected chi connectivity index (χ1v) is 10.9. The first kappa shape index (κ1) is 25.4. The number of fused-ring (bicyclic) bond motifs is 1. The summed E-state index contributed by atoms with van der Waals surface area (Å²) in [7, 11) is 0. The van der Waals surface area contributed by atoms with Crippen LogP contribution in [0.4, 0.5) is 0 Å². The lowest BCUT2D eigenvalue weighted by molar-refractivity contribution is -0.344. The maximum Gasteiger partial charge on any atom is 0.337 e. The van der Waals surface area contributed by atoms with Crippen molar-refractivity contribution in [2.45, 2.75) is 61.4 Å². The summed E-state index contributed by atoms with van der Waals surface area (Å²) in [5, 5.41) is 60.4. The average Bonchev–Trinajstić information content (AvgIpc) is 3.12. The van der Waals surface area contributed by atoms with Crippen LogP contribution in [0.1, 0.15) is 6.42 Å². The van der Waals surface area contributed by atoms with E-state index < -0.39 is 80.1 Å². The molecule has 0 saturated carbocycles. The smallest absolute Gasteiger partial charge is 0.337 e. The Kier molecular flexibility index (Phi) is 7.59. The maximum atomic E-state index is 12.0. The fourth-order valence-corrected chi connectivity index (χ4v) is 4.45. The quantitative estimate of drug-likeness (QED) is 0.155. The molecule has 192 valence electrons. The van der Waals surface area contributed by atoms with E-state index in [0.29, 0.717) is 12.0 Å². The lowest BCUT2D eigenvalue weighted by Gasteiger charge is -2.44. The molecular weight excluding hydrogens is 460 g/mol. The molecule has 0 amide bonds. The summed E-state index contributed by atoms with van der Waals surface area (Å²) in [6.45, 7) is 2.47. The summed E-state index contributed by atoms with van der Waals surface area (Å²) in [6, 6.07) is 0. The van der Waals surface area contributed by atoms with Crippen LogP contribution in [-0.2, 0) is 33.2 Å².